The molecule has 0 heterocycles. The van der Waals surface area contributed by atoms with E-state index in [-0.39, 0.29) is 12.8 Å². The molecule has 4 rings (SSSR count). The third-order valence-corrected chi connectivity index (χ3v) is 9.38. The maximum absolute atomic E-state index is 13.6. The van der Waals surface area contributed by atoms with Crippen molar-refractivity contribution in [2.24, 2.45) is 5.92 Å². The Bertz CT molecular complexity index is 2140. The number of rotatable bonds is 14. The van der Waals surface area contributed by atoms with Gasteiger partial charge in [0.1, 0.15) is 23.0 Å². The fourth-order valence-corrected chi connectivity index (χ4v) is 6.98. The molecule has 0 aromatic heterocycles. The maximum Gasteiger partial charge on any atom is 0.311 e. The van der Waals surface area contributed by atoms with Crippen LogP contribution < -0.4 is 18.9 Å². The van der Waals surface area contributed by atoms with E-state index in [0.717, 1.165) is 23.1 Å². The normalized spacial score (nSPS) is 11.8. The monoisotopic (exact) mass is 734 g/mol. The van der Waals surface area contributed by atoms with Crippen molar-refractivity contribution in [1.29, 1.82) is 0 Å². The molecule has 4 aromatic carbocycles. The van der Waals surface area contributed by atoms with E-state index in [1.165, 1.54) is 19.4 Å². The number of hydrogen-bond donors (Lipinski definition) is 0. The van der Waals surface area contributed by atoms with Gasteiger partial charge in [-0.25, -0.2) is 0 Å². The van der Waals surface area contributed by atoms with Crippen LogP contribution in [0.15, 0.2) is 71.8 Å². The lowest BCUT2D eigenvalue weighted by molar-refractivity contribution is -0.140. The number of benzene rings is 4. The number of allylic oxidation sites excluding steroid dienone is 4. The van der Waals surface area contributed by atoms with Crippen LogP contribution >= 0.6 is 0 Å². The highest BCUT2D eigenvalue weighted by molar-refractivity contribution is 6.00. The molecule has 0 amide bonds. The Kier molecular flexibility index (Phi) is 13.6. The molecule has 8 heteroatoms. The first-order valence-electron chi connectivity index (χ1n) is 18.6. The molecule has 0 saturated heterocycles. The van der Waals surface area contributed by atoms with Crippen molar-refractivity contribution in [3.63, 3.8) is 0 Å². The Hall–Kier alpha value is -5.24. The smallest absolute Gasteiger partial charge is 0.311 e. The molecule has 8 nitrogen and oxygen atoms in total. The summed E-state index contributed by atoms with van der Waals surface area (Å²) in [4.78, 5) is 51.5. The largest absolute Gasteiger partial charge is 0.426 e. The third kappa shape index (κ3) is 10.0. The summed E-state index contributed by atoms with van der Waals surface area (Å²) in [6.45, 7) is 21.1. The van der Waals surface area contributed by atoms with Crippen LogP contribution in [0.4, 0.5) is 0 Å². The zero-order valence-corrected chi connectivity index (χ0v) is 33.7. The van der Waals surface area contributed by atoms with Crippen molar-refractivity contribution in [3.8, 4) is 23.0 Å². The molecular weight excluding hydrogens is 680 g/mol. The first-order chi connectivity index (χ1) is 25.4. The summed E-state index contributed by atoms with van der Waals surface area (Å²) in [5.41, 5.74) is 4.71. The van der Waals surface area contributed by atoms with Gasteiger partial charge in [0.15, 0.2) is 0 Å². The van der Waals surface area contributed by atoms with Crippen LogP contribution in [0.25, 0.3) is 21.5 Å². The van der Waals surface area contributed by atoms with Gasteiger partial charge in [0.2, 0.25) is 0 Å². The van der Waals surface area contributed by atoms with Gasteiger partial charge in [-0.05, 0) is 76.3 Å². The molecule has 0 fully saturated rings. The lowest BCUT2D eigenvalue weighted by Crippen LogP contribution is -2.22. The van der Waals surface area contributed by atoms with Crippen molar-refractivity contribution in [2.45, 2.75) is 114 Å². The van der Waals surface area contributed by atoms with Gasteiger partial charge in [-0.2, -0.15) is 0 Å². The molecule has 0 N–H and O–H groups in total. The highest BCUT2D eigenvalue weighted by Gasteiger charge is 2.32. The summed E-state index contributed by atoms with van der Waals surface area (Å²) in [7, 11) is 0. The number of esters is 4. The molecule has 0 aliphatic heterocycles. The minimum Gasteiger partial charge on any atom is -0.426 e. The van der Waals surface area contributed by atoms with Gasteiger partial charge in [0, 0.05) is 46.5 Å². The topological polar surface area (TPSA) is 105 Å². The minimum atomic E-state index is -0.606. The SMILES string of the molecule is CC(=O)Oc1c(CC=C(C)C)c(C)c(OC(=O)CCC(=O)Oc2c(C)c(C(C)(C)C/C=C(\C)CC(C)C)c(OC(C)=O)c3ccccc23)c2ccccc12. The van der Waals surface area contributed by atoms with Crippen molar-refractivity contribution in [2.75, 3.05) is 0 Å². The van der Waals surface area contributed by atoms with Gasteiger partial charge in [-0.3, -0.25) is 19.2 Å². The second-order valence-corrected chi connectivity index (χ2v) is 15.4. The van der Waals surface area contributed by atoms with Crippen LogP contribution in [0, 0.1) is 19.8 Å². The summed E-state index contributed by atoms with van der Waals surface area (Å²) in [5.74, 6) is 0.0102. The standard InChI is InChI=1S/C46H54O8/c1-27(2)20-21-34-30(6)42(35-16-12-14-18-37(35)44(34)51-32(8)47)53-39(49)22-23-40(50)54-43-31(7)41(46(10,11)25-24-29(5)26-28(3)4)45(52-33(9)48)38-19-15-13-17-36(38)43/h12-20,24,28H,21-23,25-26H2,1-11H3/b29-24+. The number of carbonyl (C=O) groups excluding carboxylic acids is 4. The highest BCUT2D eigenvalue weighted by atomic mass is 16.6. The van der Waals surface area contributed by atoms with E-state index < -0.39 is 29.3 Å². The molecule has 0 aliphatic rings. The van der Waals surface area contributed by atoms with E-state index in [1.54, 1.807) is 0 Å². The molecule has 0 aliphatic carbocycles. The molecule has 54 heavy (non-hydrogen) atoms. The highest BCUT2D eigenvalue weighted by Crippen LogP contribution is 2.47. The Balaban J connectivity index is 1.67. The molecule has 286 valence electrons. The van der Waals surface area contributed by atoms with Crippen LogP contribution in [-0.4, -0.2) is 23.9 Å². The van der Waals surface area contributed by atoms with Gasteiger partial charge in [-0.15, -0.1) is 0 Å². The predicted octanol–water partition coefficient (Wildman–Crippen LogP) is 10.9. The Morgan fingerprint density at radius 2 is 1.07 bits per heavy atom. The number of hydrogen-bond acceptors (Lipinski definition) is 8. The predicted molar refractivity (Wildman–Crippen MR) is 214 cm³/mol. The summed E-state index contributed by atoms with van der Waals surface area (Å²) < 4.78 is 23.7. The Morgan fingerprint density at radius 3 is 1.54 bits per heavy atom. The first-order valence-corrected chi connectivity index (χ1v) is 18.6. The number of fused-ring (bicyclic) bond motifs is 2. The second kappa shape index (κ2) is 17.7. The Morgan fingerprint density at radius 1 is 0.630 bits per heavy atom. The first kappa shape index (κ1) is 41.5. The van der Waals surface area contributed by atoms with Gasteiger partial charge in [0.05, 0.1) is 12.8 Å². The molecular formula is C46H54O8. The summed E-state index contributed by atoms with van der Waals surface area (Å²) in [6, 6.07) is 14.7. The zero-order chi connectivity index (χ0) is 39.9. The molecule has 0 radical (unpaired) electrons. The molecule has 0 unspecified atom stereocenters. The minimum absolute atomic E-state index is 0.234. The van der Waals surface area contributed by atoms with E-state index in [9.17, 15) is 19.2 Å². The average Bonchev–Trinajstić information content (AvgIpc) is 3.08. The van der Waals surface area contributed by atoms with Crippen LogP contribution in [0.2, 0.25) is 0 Å². The van der Waals surface area contributed by atoms with Crippen LogP contribution in [0.3, 0.4) is 0 Å². The van der Waals surface area contributed by atoms with Crippen LogP contribution in [0.1, 0.15) is 110 Å². The Labute approximate surface area is 319 Å². The molecule has 0 saturated carbocycles. The van der Waals surface area contributed by atoms with Crippen molar-refractivity contribution >= 4 is 45.4 Å². The van der Waals surface area contributed by atoms with Gasteiger partial charge < -0.3 is 18.9 Å². The maximum atomic E-state index is 13.6. The second-order valence-electron chi connectivity index (χ2n) is 15.4. The van der Waals surface area contributed by atoms with Crippen molar-refractivity contribution < 1.29 is 38.1 Å². The van der Waals surface area contributed by atoms with Crippen molar-refractivity contribution in [3.05, 3.63) is 94.1 Å². The number of carbonyl (C=O) groups is 4. The van der Waals surface area contributed by atoms with E-state index in [4.69, 9.17) is 18.9 Å². The van der Waals surface area contributed by atoms with Gasteiger partial charge in [0.25, 0.3) is 0 Å². The fourth-order valence-electron chi connectivity index (χ4n) is 6.98. The van der Waals surface area contributed by atoms with Crippen LogP contribution in [-0.2, 0) is 31.0 Å². The molecule has 0 atom stereocenters. The van der Waals surface area contributed by atoms with E-state index in [1.807, 2.05) is 82.3 Å². The molecule has 4 aromatic rings. The average molecular weight is 735 g/mol. The number of ether oxygens (including phenoxy) is 4. The molecule has 0 bridgehead atoms. The van der Waals surface area contributed by atoms with E-state index in [2.05, 4.69) is 40.7 Å². The zero-order valence-electron chi connectivity index (χ0n) is 33.7. The lowest BCUT2D eigenvalue weighted by atomic mass is 9.76. The molecule has 0 spiro atoms. The van der Waals surface area contributed by atoms with E-state index in [0.29, 0.717) is 74.4 Å². The van der Waals surface area contributed by atoms with Crippen LogP contribution in [0.5, 0.6) is 23.0 Å². The quantitative estimate of drug-likeness (QED) is 0.0716. The summed E-state index contributed by atoms with van der Waals surface area (Å²) in [6.07, 6.45) is 5.89. The fraction of sp³-hybridized carbons (Fsp3) is 0.391. The summed E-state index contributed by atoms with van der Waals surface area (Å²) in [5, 5.41) is 2.52. The lowest BCUT2D eigenvalue weighted by Gasteiger charge is -2.30. The van der Waals surface area contributed by atoms with Crippen molar-refractivity contribution in [1.82, 2.24) is 0 Å². The summed E-state index contributed by atoms with van der Waals surface area (Å²) >= 11 is 0. The third-order valence-electron chi connectivity index (χ3n) is 9.38. The van der Waals surface area contributed by atoms with E-state index >= 15 is 0 Å². The van der Waals surface area contributed by atoms with Gasteiger partial charge in [-0.1, -0.05) is 99.5 Å². The van der Waals surface area contributed by atoms with Gasteiger partial charge >= 0.3 is 23.9 Å².